The fourth-order valence-corrected chi connectivity index (χ4v) is 6.07. The number of ether oxygens (including phenoxy) is 2. The lowest BCUT2D eigenvalue weighted by Crippen LogP contribution is -2.43. The van der Waals surface area contributed by atoms with Crippen LogP contribution in [-0.2, 0) is 11.3 Å². The molecule has 2 aliphatic heterocycles. The van der Waals surface area contributed by atoms with Gasteiger partial charge >= 0.3 is 0 Å². The number of likely N-dealkylation sites (tertiary alicyclic amines) is 1. The summed E-state index contributed by atoms with van der Waals surface area (Å²) in [7, 11) is 1.58. The number of nitrogens with zero attached hydrogens (tertiary/aromatic N) is 6. The molecule has 2 saturated heterocycles. The van der Waals surface area contributed by atoms with E-state index in [1.165, 1.54) is 0 Å². The van der Waals surface area contributed by atoms with Crippen LogP contribution in [-0.4, -0.2) is 88.9 Å². The van der Waals surface area contributed by atoms with E-state index in [1.807, 2.05) is 11.0 Å². The number of methoxy groups -OCH3 is 1. The van der Waals surface area contributed by atoms with Gasteiger partial charge in [-0.25, -0.2) is 9.37 Å². The van der Waals surface area contributed by atoms with Crippen LogP contribution >= 0.6 is 0 Å². The van der Waals surface area contributed by atoms with Crippen molar-refractivity contribution < 1.29 is 19.0 Å². The predicted octanol–water partition coefficient (Wildman–Crippen LogP) is 3.56. The molecular formula is C29H42FN7O3. The summed E-state index contributed by atoms with van der Waals surface area (Å²) in [6.45, 7) is 7.16. The number of aliphatic hydroxyl groups is 1. The SMILES string of the molecule is CCCCN(CCO)c1nc(N)nc2cn(Cc3c(F)cc(C4CCN(C5CCOCC5)CC4)cc3OC)nc12. The van der Waals surface area contributed by atoms with Crippen LogP contribution in [0.4, 0.5) is 16.2 Å². The second-order valence-electron chi connectivity index (χ2n) is 10.9. The fraction of sp³-hybridized carbons (Fsp3) is 0.621. The Morgan fingerprint density at radius 1 is 1.15 bits per heavy atom. The van der Waals surface area contributed by atoms with E-state index in [4.69, 9.17) is 20.3 Å². The number of halogens is 1. The topological polar surface area (TPSA) is 115 Å². The number of benzene rings is 1. The normalized spacial score (nSPS) is 17.5. The highest BCUT2D eigenvalue weighted by Crippen LogP contribution is 2.35. The molecule has 2 aromatic heterocycles. The molecule has 10 nitrogen and oxygen atoms in total. The third-order valence-corrected chi connectivity index (χ3v) is 8.29. The minimum atomic E-state index is -0.295. The first-order valence-electron chi connectivity index (χ1n) is 14.5. The summed E-state index contributed by atoms with van der Waals surface area (Å²) in [4.78, 5) is 13.4. The van der Waals surface area contributed by atoms with Gasteiger partial charge < -0.3 is 30.1 Å². The Bertz CT molecular complexity index is 1270. The van der Waals surface area contributed by atoms with Gasteiger partial charge in [0, 0.05) is 32.3 Å². The van der Waals surface area contributed by atoms with Gasteiger partial charge in [0.15, 0.2) is 11.3 Å². The number of aromatic nitrogens is 4. The van der Waals surface area contributed by atoms with Crippen molar-refractivity contribution in [1.29, 1.82) is 0 Å². The van der Waals surface area contributed by atoms with Crippen molar-refractivity contribution in [3.05, 3.63) is 35.3 Å². The summed E-state index contributed by atoms with van der Waals surface area (Å²) in [5.74, 6) is 1.26. The Morgan fingerprint density at radius 3 is 2.62 bits per heavy atom. The maximum atomic E-state index is 15.6. The minimum absolute atomic E-state index is 0.0147. The molecule has 5 rings (SSSR count). The van der Waals surface area contributed by atoms with Gasteiger partial charge in [-0.2, -0.15) is 10.1 Å². The highest BCUT2D eigenvalue weighted by Gasteiger charge is 2.28. The molecular weight excluding hydrogens is 513 g/mol. The minimum Gasteiger partial charge on any atom is -0.496 e. The molecule has 0 spiro atoms. The van der Waals surface area contributed by atoms with Crippen LogP contribution in [0.5, 0.6) is 5.75 Å². The maximum absolute atomic E-state index is 15.6. The van der Waals surface area contributed by atoms with Crippen molar-refractivity contribution in [2.75, 3.05) is 63.7 Å². The average Bonchev–Trinajstić information content (AvgIpc) is 3.38. The number of aliphatic hydroxyl groups excluding tert-OH is 1. The second kappa shape index (κ2) is 13.1. The summed E-state index contributed by atoms with van der Waals surface area (Å²) >= 11 is 0. The number of anilines is 2. The van der Waals surface area contributed by atoms with Crippen molar-refractivity contribution in [3.8, 4) is 5.75 Å². The van der Waals surface area contributed by atoms with Gasteiger partial charge in [-0.1, -0.05) is 13.3 Å². The highest BCUT2D eigenvalue weighted by atomic mass is 19.1. The number of hydrogen-bond donors (Lipinski definition) is 2. The number of fused-ring (bicyclic) bond motifs is 1. The third-order valence-electron chi connectivity index (χ3n) is 8.29. The molecule has 0 amide bonds. The van der Waals surface area contributed by atoms with Crippen molar-refractivity contribution in [2.45, 2.75) is 64.0 Å². The predicted molar refractivity (Wildman–Crippen MR) is 153 cm³/mol. The molecule has 2 fully saturated rings. The zero-order valence-corrected chi connectivity index (χ0v) is 23.7. The zero-order valence-electron chi connectivity index (χ0n) is 23.7. The summed E-state index contributed by atoms with van der Waals surface area (Å²) in [6, 6.07) is 4.27. The van der Waals surface area contributed by atoms with Gasteiger partial charge in [0.2, 0.25) is 5.95 Å². The molecule has 40 heavy (non-hydrogen) atoms. The summed E-state index contributed by atoms with van der Waals surface area (Å²) in [5, 5.41) is 14.3. The number of unbranched alkanes of at least 4 members (excludes halogenated alkanes) is 1. The molecule has 11 heteroatoms. The van der Waals surface area contributed by atoms with Crippen LogP contribution in [0.3, 0.4) is 0 Å². The molecule has 218 valence electrons. The largest absolute Gasteiger partial charge is 0.496 e. The molecule has 3 aromatic rings. The zero-order chi connectivity index (χ0) is 28.1. The fourth-order valence-electron chi connectivity index (χ4n) is 6.07. The van der Waals surface area contributed by atoms with Crippen LogP contribution in [0.15, 0.2) is 18.3 Å². The molecule has 0 bridgehead atoms. The van der Waals surface area contributed by atoms with Crippen LogP contribution in [0.1, 0.15) is 62.5 Å². The Morgan fingerprint density at radius 2 is 1.93 bits per heavy atom. The number of nitrogen functional groups attached to an aromatic ring is 1. The van der Waals surface area contributed by atoms with E-state index < -0.39 is 0 Å². The average molecular weight is 556 g/mol. The summed E-state index contributed by atoms with van der Waals surface area (Å²) < 4.78 is 28.5. The van der Waals surface area contributed by atoms with Crippen molar-refractivity contribution in [3.63, 3.8) is 0 Å². The standard InChI is InChI=1S/C29H42FN7O3/c1-3-4-9-36(12-13-38)28-27-25(32-29(31)33-28)19-37(34-27)18-23-24(30)16-21(17-26(23)39-2)20-5-10-35(11-6-20)22-7-14-40-15-8-22/h16-17,19-20,22,38H,3-15,18H2,1-2H3,(H2,31,32). The van der Waals surface area contributed by atoms with Crippen LogP contribution in [0.25, 0.3) is 11.0 Å². The Labute approximate surface area is 235 Å². The lowest BCUT2D eigenvalue weighted by atomic mass is 9.87. The maximum Gasteiger partial charge on any atom is 0.222 e. The molecule has 0 radical (unpaired) electrons. The number of rotatable bonds is 11. The Hall–Kier alpha value is -3.02. The quantitative estimate of drug-likeness (QED) is 0.366. The molecule has 2 aliphatic rings. The highest BCUT2D eigenvalue weighted by molar-refractivity contribution is 5.86. The number of piperidine rings is 1. The second-order valence-corrected chi connectivity index (χ2v) is 10.9. The van der Waals surface area contributed by atoms with E-state index in [1.54, 1.807) is 24.1 Å². The first-order chi connectivity index (χ1) is 19.5. The molecule has 4 heterocycles. The summed E-state index contributed by atoms with van der Waals surface area (Å²) in [5.41, 5.74) is 8.61. The van der Waals surface area contributed by atoms with Gasteiger partial charge in [-0.3, -0.25) is 4.68 Å². The third kappa shape index (κ3) is 6.31. The number of nitrogens with two attached hydrogens (primary N) is 1. The van der Waals surface area contributed by atoms with E-state index in [0.29, 0.717) is 53.2 Å². The van der Waals surface area contributed by atoms with Gasteiger partial charge in [-0.05, 0) is 68.8 Å². The van der Waals surface area contributed by atoms with E-state index in [0.717, 1.165) is 70.4 Å². The lowest BCUT2D eigenvalue weighted by Gasteiger charge is -2.39. The van der Waals surface area contributed by atoms with Gasteiger partial charge in [0.05, 0.1) is 32.0 Å². The van der Waals surface area contributed by atoms with Gasteiger partial charge in [0.25, 0.3) is 0 Å². The van der Waals surface area contributed by atoms with E-state index in [9.17, 15) is 5.11 Å². The monoisotopic (exact) mass is 555 g/mol. The molecule has 0 saturated carbocycles. The van der Waals surface area contributed by atoms with Crippen molar-refractivity contribution >= 4 is 22.8 Å². The van der Waals surface area contributed by atoms with Crippen LogP contribution < -0.4 is 15.4 Å². The molecule has 0 aliphatic carbocycles. The summed E-state index contributed by atoms with van der Waals surface area (Å²) in [6.07, 6.45) is 7.92. The van der Waals surface area contributed by atoms with E-state index in [2.05, 4.69) is 21.8 Å². The Kier molecular flexibility index (Phi) is 9.33. The van der Waals surface area contributed by atoms with E-state index in [-0.39, 0.29) is 24.9 Å². The van der Waals surface area contributed by atoms with E-state index >= 15 is 4.39 Å². The van der Waals surface area contributed by atoms with Crippen molar-refractivity contribution in [1.82, 2.24) is 24.6 Å². The van der Waals surface area contributed by atoms with Gasteiger partial charge in [0.1, 0.15) is 17.1 Å². The molecule has 1 aromatic carbocycles. The number of hydrogen-bond acceptors (Lipinski definition) is 9. The molecule has 0 atom stereocenters. The lowest BCUT2D eigenvalue weighted by molar-refractivity contribution is 0.0251. The van der Waals surface area contributed by atoms with Gasteiger partial charge in [-0.15, -0.1) is 0 Å². The first-order valence-corrected chi connectivity index (χ1v) is 14.5. The molecule has 3 N–H and O–H groups in total. The van der Waals surface area contributed by atoms with Crippen LogP contribution in [0, 0.1) is 5.82 Å². The Balaban J connectivity index is 1.35. The van der Waals surface area contributed by atoms with Crippen LogP contribution in [0.2, 0.25) is 0 Å². The first kappa shape index (κ1) is 28.5. The van der Waals surface area contributed by atoms with Crippen molar-refractivity contribution in [2.24, 2.45) is 0 Å². The molecule has 0 unspecified atom stereocenters. The smallest absolute Gasteiger partial charge is 0.222 e.